The first-order valence-corrected chi connectivity index (χ1v) is 4.93. The molecular weight excluding hydrogens is 184 g/mol. The molecule has 0 N–H and O–H groups in total. The standard InChI is InChI=1S/C13H10N2/c1-3-9-14-12(6-1)13-8-7-11-5-2-4-10-15(11)13/h1-10H. The molecule has 0 aliphatic carbocycles. The first kappa shape index (κ1) is 8.24. The number of nitrogens with zero attached hydrogens (tertiary/aromatic N) is 2. The van der Waals surface area contributed by atoms with Gasteiger partial charge in [0.1, 0.15) is 0 Å². The summed E-state index contributed by atoms with van der Waals surface area (Å²) in [5.74, 6) is 0. The molecule has 0 saturated carbocycles. The minimum absolute atomic E-state index is 1.00. The van der Waals surface area contributed by atoms with Crippen LogP contribution >= 0.6 is 0 Å². The van der Waals surface area contributed by atoms with Crippen molar-refractivity contribution >= 4 is 5.52 Å². The molecule has 0 aliphatic rings. The lowest BCUT2D eigenvalue weighted by atomic mass is 10.3. The van der Waals surface area contributed by atoms with Crippen molar-refractivity contribution in [1.82, 2.24) is 9.38 Å². The highest BCUT2D eigenvalue weighted by molar-refractivity contribution is 5.64. The maximum atomic E-state index is 4.35. The molecule has 3 heterocycles. The summed E-state index contributed by atoms with van der Waals surface area (Å²) in [7, 11) is 0. The molecule has 0 fully saturated rings. The van der Waals surface area contributed by atoms with Crippen molar-refractivity contribution in [2.75, 3.05) is 0 Å². The Morgan fingerprint density at radius 3 is 2.67 bits per heavy atom. The van der Waals surface area contributed by atoms with Crippen LogP contribution in [0, 0.1) is 0 Å². The Morgan fingerprint density at radius 2 is 1.80 bits per heavy atom. The van der Waals surface area contributed by atoms with Gasteiger partial charge >= 0.3 is 0 Å². The van der Waals surface area contributed by atoms with Gasteiger partial charge in [0, 0.05) is 17.9 Å². The van der Waals surface area contributed by atoms with E-state index >= 15 is 0 Å². The molecule has 72 valence electrons. The van der Waals surface area contributed by atoms with Gasteiger partial charge in [-0.05, 0) is 36.4 Å². The van der Waals surface area contributed by atoms with Crippen LogP contribution in [0.4, 0.5) is 0 Å². The highest BCUT2D eigenvalue weighted by atomic mass is 14.9. The highest BCUT2D eigenvalue weighted by Gasteiger charge is 2.03. The van der Waals surface area contributed by atoms with E-state index in [0.717, 1.165) is 11.4 Å². The van der Waals surface area contributed by atoms with Crippen molar-refractivity contribution < 1.29 is 0 Å². The van der Waals surface area contributed by atoms with Crippen LogP contribution in [-0.2, 0) is 0 Å². The second-order valence-electron chi connectivity index (χ2n) is 3.43. The van der Waals surface area contributed by atoms with Crippen LogP contribution in [0.15, 0.2) is 60.9 Å². The minimum atomic E-state index is 1.00. The van der Waals surface area contributed by atoms with Gasteiger partial charge < -0.3 is 4.40 Å². The number of pyridine rings is 2. The van der Waals surface area contributed by atoms with Crippen LogP contribution in [0.5, 0.6) is 0 Å². The molecule has 2 heteroatoms. The summed E-state index contributed by atoms with van der Waals surface area (Å²) in [6, 6.07) is 16.3. The van der Waals surface area contributed by atoms with Crippen molar-refractivity contribution in [2.45, 2.75) is 0 Å². The molecule has 3 aromatic heterocycles. The van der Waals surface area contributed by atoms with E-state index < -0.39 is 0 Å². The molecule has 0 radical (unpaired) electrons. The topological polar surface area (TPSA) is 17.3 Å². The number of aromatic nitrogens is 2. The van der Waals surface area contributed by atoms with E-state index in [1.165, 1.54) is 5.52 Å². The molecule has 3 aromatic rings. The third kappa shape index (κ3) is 1.31. The summed E-state index contributed by atoms with van der Waals surface area (Å²) in [6.07, 6.45) is 3.87. The van der Waals surface area contributed by atoms with E-state index in [2.05, 4.69) is 33.8 Å². The Hall–Kier alpha value is -2.09. The van der Waals surface area contributed by atoms with Crippen LogP contribution in [0.25, 0.3) is 16.9 Å². The Labute approximate surface area is 87.8 Å². The average Bonchev–Trinajstić information content (AvgIpc) is 2.74. The van der Waals surface area contributed by atoms with E-state index in [1.807, 2.05) is 36.5 Å². The van der Waals surface area contributed by atoms with E-state index in [-0.39, 0.29) is 0 Å². The van der Waals surface area contributed by atoms with E-state index in [4.69, 9.17) is 0 Å². The molecule has 2 nitrogen and oxygen atoms in total. The minimum Gasteiger partial charge on any atom is -0.315 e. The molecule has 0 spiro atoms. The van der Waals surface area contributed by atoms with Gasteiger partial charge in [0.05, 0.1) is 11.4 Å². The molecule has 0 aliphatic heterocycles. The van der Waals surface area contributed by atoms with Gasteiger partial charge in [-0.3, -0.25) is 4.98 Å². The Kier molecular flexibility index (Phi) is 1.78. The first-order valence-electron chi connectivity index (χ1n) is 4.93. The second-order valence-corrected chi connectivity index (χ2v) is 3.43. The molecule has 0 unspecified atom stereocenters. The molecule has 3 rings (SSSR count). The lowest BCUT2D eigenvalue weighted by molar-refractivity contribution is 1.17. The first-order chi connectivity index (χ1) is 7.45. The molecule has 0 amide bonds. The third-order valence-corrected chi connectivity index (χ3v) is 2.49. The Morgan fingerprint density at radius 1 is 0.867 bits per heavy atom. The van der Waals surface area contributed by atoms with Gasteiger partial charge in [0.25, 0.3) is 0 Å². The van der Waals surface area contributed by atoms with E-state index in [9.17, 15) is 0 Å². The molecule has 0 saturated heterocycles. The van der Waals surface area contributed by atoms with Crippen LogP contribution in [-0.4, -0.2) is 9.38 Å². The zero-order valence-electron chi connectivity index (χ0n) is 8.17. The van der Waals surface area contributed by atoms with Gasteiger partial charge in [0.15, 0.2) is 0 Å². The van der Waals surface area contributed by atoms with Crippen LogP contribution in [0.1, 0.15) is 0 Å². The second kappa shape index (κ2) is 3.24. The number of hydrogen-bond donors (Lipinski definition) is 0. The fourth-order valence-electron chi connectivity index (χ4n) is 1.78. The fourth-order valence-corrected chi connectivity index (χ4v) is 1.78. The number of hydrogen-bond acceptors (Lipinski definition) is 1. The summed E-state index contributed by atoms with van der Waals surface area (Å²) in [6.45, 7) is 0. The van der Waals surface area contributed by atoms with Crippen LogP contribution in [0.2, 0.25) is 0 Å². The maximum Gasteiger partial charge on any atom is 0.0869 e. The lowest BCUT2D eigenvalue weighted by Gasteiger charge is -2.01. The predicted molar refractivity (Wildman–Crippen MR) is 60.6 cm³/mol. The normalized spacial score (nSPS) is 10.7. The summed E-state index contributed by atoms with van der Waals surface area (Å²) in [5.41, 5.74) is 3.33. The zero-order chi connectivity index (χ0) is 10.1. The monoisotopic (exact) mass is 194 g/mol. The Balaban J connectivity index is 2.28. The summed E-state index contributed by atoms with van der Waals surface area (Å²) >= 11 is 0. The van der Waals surface area contributed by atoms with Gasteiger partial charge in [-0.1, -0.05) is 12.1 Å². The molecule has 0 bridgehead atoms. The van der Waals surface area contributed by atoms with Gasteiger partial charge in [-0.25, -0.2) is 0 Å². The molecule has 0 aromatic carbocycles. The fraction of sp³-hybridized carbons (Fsp3) is 0. The van der Waals surface area contributed by atoms with Crippen molar-refractivity contribution in [3.8, 4) is 11.4 Å². The van der Waals surface area contributed by atoms with Gasteiger partial charge in [-0.15, -0.1) is 0 Å². The highest BCUT2D eigenvalue weighted by Crippen LogP contribution is 2.19. The average molecular weight is 194 g/mol. The lowest BCUT2D eigenvalue weighted by Crippen LogP contribution is -1.88. The van der Waals surface area contributed by atoms with E-state index in [0.29, 0.717) is 0 Å². The van der Waals surface area contributed by atoms with Crippen molar-refractivity contribution in [3.05, 3.63) is 60.9 Å². The third-order valence-electron chi connectivity index (χ3n) is 2.49. The van der Waals surface area contributed by atoms with Crippen LogP contribution in [0.3, 0.4) is 0 Å². The van der Waals surface area contributed by atoms with Crippen molar-refractivity contribution in [1.29, 1.82) is 0 Å². The SMILES string of the molecule is c1ccc(-c2ccc3ccccn23)nc1. The summed E-state index contributed by atoms with van der Waals surface area (Å²) in [5, 5.41) is 0. The predicted octanol–water partition coefficient (Wildman–Crippen LogP) is 3.00. The molecule has 0 atom stereocenters. The molecular formula is C13H10N2. The van der Waals surface area contributed by atoms with Gasteiger partial charge in [0.2, 0.25) is 0 Å². The molecule has 15 heavy (non-hydrogen) atoms. The van der Waals surface area contributed by atoms with Crippen LogP contribution < -0.4 is 0 Å². The van der Waals surface area contributed by atoms with E-state index in [1.54, 1.807) is 0 Å². The number of rotatable bonds is 1. The largest absolute Gasteiger partial charge is 0.315 e. The zero-order valence-corrected chi connectivity index (χ0v) is 8.17. The van der Waals surface area contributed by atoms with Crippen molar-refractivity contribution in [2.24, 2.45) is 0 Å². The van der Waals surface area contributed by atoms with Gasteiger partial charge in [-0.2, -0.15) is 0 Å². The van der Waals surface area contributed by atoms with Crippen molar-refractivity contribution in [3.63, 3.8) is 0 Å². The quantitative estimate of drug-likeness (QED) is 0.582. The summed E-state index contributed by atoms with van der Waals surface area (Å²) < 4.78 is 2.14. The smallest absolute Gasteiger partial charge is 0.0869 e. The Bertz CT molecular complexity index is 582. The maximum absolute atomic E-state index is 4.35. The summed E-state index contributed by atoms with van der Waals surface area (Å²) in [4.78, 5) is 4.35. The number of fused-ring (bicyclic) bond motifs is 1.